The summed E-state index contributed by atoms with van der Waals surface area (Å²) in [5.74, 6) is 0.598. The summed E-state index contributed by atoms with van der Waals surface area (Å²) in [7, 11) is 0. The van der Waals surface area contributed by atoms with Gasteiger partial charge in [-0.25, -0.2) is 0 Å². The van der Waals surface area contributed by atoms with E-state index < -0.39 is 5.60 Å². The molecule has 1 unspecified atom stereocenters. The molecule has 0 aliphatic carbocycles. The molecule has 2 nitrogen and oxygen atoms in total. The van der Waals surface area contributed by atoms with E-state index in [9.17, 15) is 5.11 Å². The smallest absolute Gasteiger partial charge is 0.0837 e. The van der Waals surface area contributed by atoms with Crippen molar-refractivity contribution in [1.82, 2.24) is 5.32 Å². The first kappa shape index (κ1) is 20.6. The summed E-state index contributed by atoms with van der Waals surface area (Å²) in [6.07, 6.45) is 0. The van der Waals surface area contributed by atoms with Crippen molar-refractivity contribution in [3.8, 4) is 0 Å². The number of benzene rings is 2. The molecule has 0 saturated heterocycles. The molecule has 0 heterocycles. The van der Waals surface area contributed by atoms with Crippen LogP contribution in [0.1, 0.15) is 12.5 Å². The Hall–Kier alpha value is -0.420. The lowest BCUT2D eigenvalue weighted by molar-refractivity contribution is 0.0845. The van der Waals surface area contributed by atoms with Gasteiger partial charge in [0.05, 0.1) is 5.60 Å². The van der Waals surface area contributed by atoms with Gasteiger partial charge in [0.1, 0.15) is 0 Å². The van der Waals surface area contributed by atoms with Crippen LogP contribution in [0.3, 0.4) is 0 Å². The second-order valence-electron chi connectivity index (χ2n) is 5.47. The molecular formula is C17H20Cl3NOS. The molecule has 2 N–H and O–H groups in total. The lowest BCUT2D eigenvalue weighted by atomic mass is 10.1. The van der Waals surface area contributed by atoms with Crippen LogP contribution in [-0.2, 0) is 6.54 Å². The molecule has 2 aromatic carbocycles. The molecule has 0 spiro atoms. The molecule has 126 valence electrons. The fraction of sp³-hybridized carbons (Fsp3) is 0.294. The molecule has 23 heavy (non-hydrogen) atoms. The zero-order chi connectivity index (χ0) is 16.0. The number of nitrogens with one attached hydrogen (secondary N) is 1. The van der Waals surface area contributed by atoms with E-state index in [1.165, 1.54) is 0 Å². The highest BCUT2D eigenvalue weighted by Crippen LogP contribution is 2.25. The van der Waals surface area contributed by atoms with Crippen LogP contribution in [0.4, 0.5) is 0 Å². The van der Waals surface area contributed by atoms with Crippen molar-refractivity contribution in [2.75, 3.05) is 12.3 Å². The Morgan fingerprint density at radius 2 is 1.78 bits per heavy atom. The molecule has 0 aromatic heterocycles. The minimum absolute atomic E-state index is 0. The van der Waals surface area contributed by atoms with Gasteiger partial charge >= 0.3 is 0 Å². The van der Waals surface area contributed by atoms with Crippen molar-refractivity contribution in [3.05, 3.63) is 64.1 Å². The van der Waals surface area contributed by atoms with Crippen molar-refractivity contribution in [2.45, 2.75) is 24.0 Å². The van der Waals surface area contributed by atoms with Gasteiger partial charge < -0.3 is 10.4 Å². The maximum atomic E-state index is 10.4. The highest BCUT2D eigenvalue weighted by molar-refractivity contribution is 7.99. The SMILES string of the molecule is CC(O)(CNCc1ccc(Cl)cc1)CSc1cccc(Cl)c1.Cl. The second kappa shape index (κ2) is 9.77. The molecular weight excluding hydrogens is 373 g/mol. The predicted molar refractivity (Wildman–Crippen MR) is 103 cm³/mol. The molecule has 0 amide bonds. The minimum atomic E-state index is -0.792. The van der Waals surface area contributed by atoms with Gasteiger partial charge in [0, 0.05) is 33.8 Å². The first-order chi connectivity index (χ1) is 10.4. The Balaban J connectivity index is 0.00000264. The van der Waals surface area contributed by atoms with Crippen LogP contribution in [0, 0.1) is 0 Å². The predicted octanol–water partition coefficient (Wildman–Crippen LogP) is 5.05. The lowest BCUT2D eigenvalue weighted by Crippen LogP contribution is -2.39. The van der Waals surface area contributed by atoms with Gasteiger partial charge in [-0.2, -0.15) is 0 Å². The van der Waals surface area contributed by atoms with Crippen molar-refractivity contribution >= 4 is 47.4 Å². The third-order valence-electron chi connectivity index (χ3n) is 3.09. The third kappa shape index (κ3) is 7.79. The summed E-state index contributed by atoms with van der Waals surface area (Å²) in [6, 6.07) is 15.3. The van der Waals surface area contributed by atoms with E-state index in [-0.39, 0.29) is 12.4 Å². The van der Waals surface area contributed by atoms with Crippen LogP contribution in [0.5, 0.6) is 0 Å². The highest BCUT2D eigenvalue weighted by Gasteiger charge is 2.20. The molecule has 0 fully saturated rings. The number of rotatable bonds is 7. The molecule has 0 aliphatic rings. The van der Waals surface area contributed by atoms with Gasteiger partial charge in [0.2, 0.25) is 0 Å². The van der Waals surface area contributed by atoms with E-state index in [2.05, 4.69) is 5.32 Å². The van der Waals surface area contributed by atoms with Gasteiger partial charge in [-0.05, 0) is 42.8 Å². The van der Waals surface area contributed by atoms with Gasteiger partial charge in [-0.1, -0.05) is 41.4 Å². The Kier molecular flexibility index (Phi) is 8.76. The van der Waals surface area contributed by atoms with Gasteiger partial charge in [0.15, 0.2) is 0 Å². The molecule has 0 radical (unpaired) electrons. The Bertz CT molecular complexity index is 605. The molecule has 2 aromatic rings. The summed E-state index contributed by atoms with van der Waals surface area (Å²) in [5.41, 5.74) is 0.349. The van der Waals surface area contributed by atoms with Crippen molar-refractivity contribution in [2.24, 2.45) is 0 Å². The Morgan fingerprint density at radius 3 is 2.43 bits per heavy atom. The molecule has 2 rings (SSSR count). The average Bonchev–Trinajstić information content (AvgIpc) is 2.47. The Labute approximate surface area is 158 Å². The summed E-state index contributed by atoms with van der Waals surface area (Å²) < 4.78 is 0. The van der Waals surface area contributed by atoms with Gasteiger partial charge in [-0.3, -0.25) is 0 Å². The lowest BCUT2D eigenvalue weighted by Gasteiger charge is -2.23. The second-order valence-corrected chi connectivity index (χ2v) is 7.39. The summed E-state index contributed by atoms with van der Waals surface area (Å²) in [6.45, 7) is 3.05. The topological polar surface area (TPSA) is 32.3 Å². The van der Waals surface area contributed by atoms with E-state index in [4.69, 9.17) is 23.2 Å². The fourth-order valence-corrected chi connectivity index (χ4v) is 3.27. The number of halogens is 3. The average molecular weight is 393 g/mol. The quantitative estimate of drug-likeness (QED) is 0.647. The van der Waals surface area contributed by atoms with Crippen LogP contribution >= 0.6 is 47.4 Å². The van der Waals surface area contributed by atoms with E-state index in [0.29, 0.717) is 23.9 Å². The minimum Gasteiger partial charge on any atom is -0.388 e. The van der Waals surface area contributed by atoms with Crippen LogP contribution in [0.25, 0.3) is 0 Å². The van der Waals surface area contributed by atoms with Crippen LogP contribution < -0.4 is 5.32 Å². The van der Waals surface area contributed by atoms with Crippen molar-refractivity contribution in [1.29, 1.82) is 0 Å². The van der Waals surface area contributed by atoms with Crippen LogP contribution in [0.2, 0.25) is 10.0 Å². The number of hydrogen-bond donors (Lipinski definition) is 2. The molecule has 0 saturated carbocycles. The maximum Gasteiger partial charge on any atom is 0.0837 e. The first-order valence-electron chi connectivity index (χ1n) is 7.00. The molecule has 1 atom stereocenters. The van der Waals surface area contributed by atoms with Crippen LogP contribution in [0.15, 0.2) is 53.4 Å². The number of hydrogen-bond acceptors (Lipinski definition) is 3. The summed E-state index contributed by atoms with van der Waals surface area (Å²) in [5, 5.41) is 15.2. The summed E-state index contributed by atoms with van der Waals surface area (Å²) in [4.78, 5) is 1.06. The number of thioether (sulfide) groups is 1. The first-order valence-corrected chi connectivity index (χ1v) is 8.75. The maximum absolute atomic E-state index is 10.4. The zero-order valence-electron chi connectivity index (χ0n) is 12.8. The van der Waals surface area contributed by atoms with Crippen molar-refractivity contribution < 1.29 is 5.11 Å². The highest BCUT2D eigenvalue weighted by atomic mass is 35.5. The van der Waals surface area contributed by atoms with E-state index >= 15 is 0 Å². The Morgan fingerprint density at radius 1 is 1.09 bits per heavy atom. The van der Waals surface area contributed by atoms with Crippen molar-refractivity contribution in [3.63, 3.8) is 0 Å². The monoisotopic (exact) mass is 391 g/mol. The van der Waals surface area contributed by atoms with Gasteiger partial charge in [0.25, 0.3) is 0 Å². The largest absolute Gasteiger partial charge is 0.388 e. The third-order valence-corrected chi connectivity index (χ3v) is 4.93. The molecule has 0 bridgehead atoms. The van der Waals surface area contributed by atoms with E-state index in [0.717, 1.165) is 15.5 Å². The standard InChI is InChI=1S/C17H19Cl2NOS.ClH/c1-17(21,12-22-16-4-2-3-15(19)9-16)11-20-10-13-5-7-14(18)8-6-13;/h2-9,20-21H,10-12H2,1H3;1H. The fourth-order valence-electron chi connectivity index (χ4n) is 1.93. The normalized spacial score (nSPS) is 13.2. The zero-order valence-corrected chi connectivity index (χ0v) is 15.9. The number of aliphatic hydroxyl groups is 1. The molecule has 6 heteroatoms. The van der Waals surface area contributed by atoms with Crippen LogP contribution in [-0.4, -0.2) is 23.0 Å². The summed E-state index contributed by atoms with van der Waals surface area (Å²) >= 11 is 13.4. The van der Waals surface area contributed by atoms with E-state index in [1.807, 2.05) is 55.5 Å². The van der Waals surface area contributed by atoms with E-state index in [1.54, 1.807) is 11.8 Å². The molecule has 0 aliphatic heterocycles. The van der Waals surface area contributed by atoms with Gasteiger partial charge in [-0.15, -0.1) is 24.2 Å².